The van der Waals surface area contributed by atoms with Crippen molar-refractivity contribution < 1.29 is 15.3 Å². The first-order valence-electron chi connectivity index (χ1n) is 6.81. The normalized spacial score (nSPS) is 10.9. The molecule has 7 heteroatoms. The number of nitriles is 1. The maximum Gasteiger partial charge on any atom is 0.271 e. The second-order valence-corrected chi connectivity index (χ2v) is 4.69. The minimum absolute atomic E-state index is 0.0117. The van der Waals surface area contributed by atoms with Crippen LogP contribution in [0.4, 0.5) is 0 Å². The Kier molecular flexibility index (Phi) is 6.37. The highest BCUT2D eigenvalue weighted by Crippen LogP contribution is 2.23. The van der Waals surface area contributed by atoms with Crippen LogP contribution in [0.3, 0.4) is 0 Å². The molecule has 21 heavy (non-hydrogen) atoms. The maximum atomic E-state index is 12.0. The van der Waals surface area contributed by atoms with Gasteiger partial charge in [-0.05, 0) is 19.4 Å². The van der Waals surface area contributed by atoms with Crippen LogP contribution in [0.5, 0.6) is 5.88 Å². The predicted molar refractivity (Wildman–Crippen MR) is 76.9 cm³/mol. The summed E-state index contributed by atoms with van der Waals surface area (Å²) in [7, 11) is 0. The smallest absolute Gasteiger partial charge is 0.271 e. The molecule has 0 spiro atoms. The van der Waals surface area contributed by atoms with Crippen LogP contribution in [0.2, 0.25) is 0 Å². The minimum atomic E-state index is -0.505. The van der Waals surface area contributed by atoms with Crippen LogP contribution in [0, 0.1) is 18.3 Å². The molecule has 0 amide bonds. The van der Waals surface area contributed by atoms with E-state index >= 15 is 0 Å². The Morgan fingerprint density at radius 2 is 1.86 bits per heavy atom. The van der Waals surface area contributed by atoms with Crippen molar-refractivity contribution in [3.63, 3.8) is 0 Å². The van der Waals surface area contributed by atoms with Gasteiger partial charge >= 0.3 is 0 Å². The fourth-order valence-electron chi connectivity index (χ4n) is 2.26. The van der Waals surface area contributed by atoms with Gasteiger partial charge in [-0.15, -0.1) is 0 Å². The molecule has 0 atom stereocenters. The third-order valence-electron chi connectivity index (χ3n) is 3.45. The van der Waals surface area contributed by atoms with E-state index in [0.717, 1.165) is 4.57 Å². The van der Waals surface area contributed by atoms with Gasteiger partial charge in [-0.2, -0.15) is 5.26 Å². The number of pyridine rings is 1. The van der Waals surface area contributed by atoms with Gasteiger partial charge < -0.3 is 15.3 Å². The largest absolute Gasteiger partial charge is 0.494 e. The highest BCUT2D eigenvalue weighted by Gasteiger charge is 2.19. The molecule has 0 bridgehead atoms. The van der Waals surface area contributed by atoms with Crippen LogP contribution in [0.25, 0.3) is 0 Å². The van der Waals surface area contributed by atoms with Crippen LogP contribution in [0.15, 0.2) is 4.79 Å². The van der Waals surface area contributed by atoms with E-state index in [1.807, 2.05) is 6.07 Å². The Morgan fingerprint density at radius 3 is 2.29 bits per heavy atom. The molecule has 0 aliphatic rings. The van der Waals surface area contributed by atoms with E-state index in [0.29, 0.717) is 24.2 Å². The second-order valence-electron chi connectivity index (χ2n) is 4.69. The summed E-state index contributed by atoms with van der Waals surface area (Å²) in [4.78, 5) is 13.8. The molecular weight excluding hydrogens is 274 g/mol. The Morgan fingerprint density at radius 1 is 1.29 bits per heavy atom. The zero-order valence-corrected chi connectivity index (χ0v) is 12.3. The SMILES string of the molecule is CCn1c(O)c(CN(CCO)CCO)c(C)c(C#N)c1=O. The third-order valence-corrected chi connectivity index (χ3v) is 3.45. The first kappa shape index (κ1) is 17.2. The highest BCUT2D eigenvalue weighted by atomic mass is 16.3. The summed E-state index contributed by atoms with van der Waals surface area (Å²) in [5, 5.41) is 37.5. The van der Waals surface area contributed by atoms with Crippen LogP contribution >= 0.6 is 0 Å². The van der Waals surface area contributed by atoms with Gasteiger partial charge in [0.15, 0.2) is 5.88 Å². The van der Waals surface area contributed by atoms with Crippen molar-refractivity contribution in [1.82, 2.24) is 9.47 Å². The molecule has 1 heterocycles. The van der Waals surface area contributed by atoms with Crippen LogP contribution < -0.4 is 5.56 Å². The van der Waals surface area contributed by atoms with Gasteiger partial charge in [0.05, 0.1) is 13.2 Å². The van der Waals surface area contributed by atoms with Crippen LogP contribution in [-0.4, -0.2) is 51.1 Å². The fraction of sp³-hybridized carbons (Fsp3) is 0.571. The Bertz CT molecular complexity index is 583. The van der Waals surface area contributed by atoms with Gasteiger partial charge in [-0.1, -0.05) is 0 Å². The number of aliphatic hydroxyl groups excluding tert-OH is 2. The lowest BCUT2D eigenvalue weighted by Crippen LogP contribution is -2.32. The van der Waals surface area contributed by atoms with Crippen LogP contribution in [0.1, 0.15) is 23.6 Å². The Hall–Kier alpha value is -1.88. The van der Waals surface area contributed by atoms with Gasteiger partial charge in [0.2, 0.25) is 0 Å². The number of rotatable bonds is 7. The minimum Gasteiger partial charge on any atom is -0.494 e. The zero-order chi connectivity index (χ0) is 16.0. The third kappa shape index (κ3) is 3.61. The molecule has 0 aliphatic heterocycles. The average Bonchev–Trinajstić information content (AvgIpc) is 2.45. The van der Waals surface area contributed by atoms with Crippen LogP contribution in [-0.2, 0) is 13.1 Å². The molecule has 116 valence electrons. The zero-order valence-electron chi connectivity index (χ0n) is 12.3. The van der Waals surface area contributed by atoms with Crippen molar-refractivity contribution in [3.8, 4) is 11.9 Å². The Labute approximate surface area is 123 Å². The number of aromatic nitrogens is 1. The van der Waals surface area contributed by atoms with Gasteiger partial charge in [-0.25, -0.2) is 0 Å². The number of nitrogens with zero attached hydrogens (tertiary/aromatic N) is 3. The van der Waals surface area contributed by atoms with E-state index in [9.17, 15) is 9.90 Å². The summed E-state index contributed by atoms with van der Waals surface area (Å²) in [5.74, 6) is -0.167. The second kappa shape index (κ2) is 7.78. The van der Waals surface area contributed by atoms with Crippen molar-refractivity contribution in [2.45, 2.75) is 26.9 Å². The number of hydrogen-bond donors (Lipinski definition) is 3. The summed E-state index contributed by atoms with van der Waals surface area (Å²) in [6.07, 6.45) is 0. The van der Waals surface area contributed by atoms with Crippen molar-refractivity contribution in [2.24, 2.45) is 0 Å². The molecule has 0 saturated carbocycles. The lowest BCUT2D eigenvalue weighted by atomic mass is 10.0. The van der Waals surface area contributed by atoms with Crippen molar-refractivity contribution >= 4 is 0 Å². The molecule has 0 fully saturated rings. The summed E-state index contributed by atoms with van der Waals surface area (Å²) < 4.78 is 1.15. The topological polar surface area (TPSA) is 110 Å². The first-order valence-corrected chi connectivity index (χ1v) is 6.81. The summed E-state index contributed by atoms with van der Waals surface area (Å²) in [6, 6.07) is 1.88. The van der Waals surface area contributed by atoms with E-state index in [1.54, 1.807) is 18.7 Å². The Balaban J connectivity index is 3.35. The van der Waals surface area contributed by atoms with E-state index in [-0.39, 0.29) is 37.7 Å². The molecule has 7 nitrogen and oxygen atoms in total. The van der Waals surface area contributed by atoms with Crippen molar-refractivity contribution in [2.75, 3.05) is 26.3 Å². The van der Waals surface area contributed by atoms with Crippen molar-refractivity contribution in [3.05, 3.63) is 27.0 Å². The molecule has 0 unspecified atom stereocenters. The molecule has 1 rings (SSSR count). The van der Waals surface area contributed by atoms with E-state index in [4.69, 9.17) is 15.5 Å². The summed E-state index contributed by atoms with van der Waals surface area (Å²) in [5.41, 5.74) is 0.410. The monoisotopic (exact) mass is 295 g/mol. The summed E-state index contributed by atoms with van der Waals surface area (Å²) in [6.45, 7) is 4.31. The van der Waals surface area contributed by atoms with E-state index < -0.39 is 5.56 Å². The predicted octanol–water partition coefficient (Wildman–Crippen LogP) is -0.460. The molecule has 0 saturated heterocycles. The van der Waals surface area contributed by atoms with E-state index in [1.165, 1.54) is 0 Å². The van der Waals surface area contributed by atoms with Gasteiger partial charge in [0, 0.05) is 31.7 Å². The molecule has 3 N–H and O–H groups in total. The fourth-order valence-corrected chi connectivity index (χ4v) is 2.26. The average molecular weight is 295 g/mol. The molecular formula is C14H21N3O4. The van der Waals surface area contributed by atoms with Gasteiger partial charge in [-0.3, -0.25) is 14.3 Å². The van der Waals surface area contributed by atoms with E-state index in [2.05, 4.69) is 0 Å². The molecule has 1 aromatic rings. The quantitative estimate of drug-likeness (QED) is 0.628. The number of hydrogen-bond acceptors (Lipinski definition) is 6. The lowest BCUT2D eigenvalue weighted by Gasteiger charge is -2.23. The molecule has 0 aromatic carbocycles. The molecule has 0 radical (unpaired) electrons. The standard InChI is InChI=1S/C14H21N3O4/c1-3-17-13(20)11(8-15)10(2)12(14(17)21)9-16(4-6-18)5-7-19/h18-19,21H,3-7,9H2,1-2H3. The first-order chi connectivity index (χ1) is 10.0. The molecule has 0 aliphatic carbocycles. The number of aromatic hydroxyl groups is 1. The van der Waals surface area contributed by atoms with Crippen molar-refractivity contribution in [1.29, 1.82) is 5.26 Å². The maximum absolute atomic E-state index is 12.0. The summed E-state index contributed by atoms with van der Waals surface area (Å²) >= 11 is 0. The van der Waals surface area contributed by atoms with Gasteiger partial charge in [0.1, 0.15) is 11.6 Å². The number of aliphatic hydroxyl groups is 2. The molecule has 1 aromatic heterocycles. The highest BCUT2D eigenvalue weighted by molar-refractivity contribution is 5.45. The van der Waals surface area contributed by atoms with Gasteiger partial charge in [0.25, 0.3) is 5.56 Å². The lowest BCUT2D eigenvalue weighted by molar-refractivity contribution is 0.154.